The predicted octanol–water partition coefficient (Wildman–Crippen LogP) is 2.45. The molecule has 1 fully saturated rings. The van der Waals surface area contributed by atoms with Gasteiger partial charge in [0.15, 0.2) is 0 Å². The maximum absolute atomic E-state index is 3.58. The number of likely N-dealkylation sites (tertiary alicyclic amines) is 1. The quantitative estimate of drug-likeness (QED) is 0.447. The molecule has 1 aliphatic rings. The van der Waals surface area contributed by atoms with E-state index in [0.717, 1.165) is 5.92 Å². The Balaban J connectivity index is 1.98. The Morgan fingerprint density at radius 1 is 1.50 bits per heavy atom. The molecule has 0 atom stereocenters. The first-order valence-corrected chi connectivity index (χ1v) is 4.95. The average Bonchev–Trinajstić information content (AvgIpc) is 2.00. The zero-order valence-corrected chi connectivity index (χ0v) is 8.05. The summed E-state index contributed by atoms with van der Waals surface area (Å²) in [6.45, 7) is 9.58. The van der Waals surface area contributed by atoms with Gasteiger partial charge in [0.25, 0.3) is 0 Å². The van der Waals surface area contributed by atoms with Crippen molar-refractivity contribution in [3.63, 3.8) is 0 Å². The van der Waals surface area contributed by atoms with Gasteiger partial charge in [-0.05, 0) is 19.0 Å². The SMILES string of the molecule is C=C=CC1CN(CCCCC)C1. The van der Waals surface area contributed by atoms with Crippen molar-refractivity contribution in [3.8, 4) is 0 Å². The third kappa shape index (κ3) is 2.84. The standard InChI is InChI=1S/C11H19N/c1-3-5-6-8-12-9-11(10-12)7-4-2/h7,11H,2-3,5-6,8-10H2,1H3. The highest BCUT2D eigenvalue weighted by Gasteiger charge is 2.22. The van der Waals surface area contributed by atoms with Crippen LogP contribution in [-0.2, 0) is 0 Å². The van der Waals surface area contributed by atoms with Gasteiger partial charge in [0.05, 0.1) is 0 Å². The summed E-state index contributed by atoms with van der Waals surface area (Å²) in [4.78, 5) is 2.51. The second-order valence-corrected chi connectivity index (χ2v) is 3.60. The maximum atomic E-state index is 3.58. The fraction of sp³-hybridized carbons (Fsp3) is 0.727. The molecule has 0 aromatic heterocycles. The first-order chi connectivity index (χ1) is 5.86. The molecular formula is C11H19N. The molecule has 1 saturated heterocycles. The molecule has 0 saturated carbocycles. The minimum Gasteiger partial charge on any atom is -0.302 e. The Labute approximate surface area is 75.8 Å². The summed E-state index contributed by atoms with van der Waals surface area (Å²) < 4.78 is 0. The molecule has 1 heteroatoms. The lowest BCUT2D eigenvalue weighted by Crippen LogP contribution is -2.45. The number of rotatable bonds is 5. The van der Waals surface area contributed by atoms with Crippen LogP contribution in [0.2, 0.25) is 0 Å². The van der Waals surface area contributed by atoms with Crippen molar-refractivity contribution in [3.05, 3.63) is 18.4 Å². The molecule has 0 aromatic rings. The van der Waals surface area contributed by atoms with Crippen LogP contribution < -0.4 is 0 Å². The second kappa shape index (κ2) is 5.18. The molecule has 1 rings (SSSR count). The van der Waals surface area contributed by atoms with Gasteiger partial charge >= 0.3 is 0 Å². The van der Waals surface area contributed by atoms with E-state index in [2.05, 4.69) is 30.2 Å². The molecular weight excluding hydrogens is 146 g/mol. The van der Waals surface area contributed by atoms with Crippen LogP contribution in [0.1, 0.15) is 26.2 Å². The van der Waals surface area contributed by atoms with Crippen molar-refractivity contribution in [2.75, 3.05) is 19.6 Å². The number of hydrogen-bond donors (Lipinski definition) is 0. The molecule has 0 unspecified atom stereocenters. The highest BCUT2D eigenvalue weighted by atomic mass is 15.2. The minimum atomic E-state index is 0.740. The van der Waals surface area contributed by atoms with Crippen molar-refractivity contribution >= 4 is 0 Å². The summed E-state index contributed by atoms with van der Waals surface area (Å²) >= 11 is 0. The molecule has 68 valence electrons. The van der Waals surface area contributed by atoms with Gasteiger partial charge in [-0.25, -0.2) is 0 Å². The summed E-state index contributed by atoms with van der Waals surface area (Å²) in [5.41, 5.74) is 2.86. The monoisotopic (exact) mass is 165 g/mol. The third-order valence-corrected chi connectivity index (χ3v) is 2.42. The first-order valence-electron chi connectivity index (χ1n) is 4.95. The number of unbranched alkanes of at least 4 members (excludes halogenated alkanes) is 2. The van der Waals surface area contributed by atoms with Crippen LogP contribution in [0.15, 0.2) is 18.4 Å². The highest BCUT2D eigenvalue weighted by molar-refractivity contribution is 4.94. The van der Waals surface area contributed by atoms with Crippen molar-refractivity contribution in [2.24, 2.45) is 5.92 Å². The van der Waals surface area contributed by atoms with E-state index in [1.807, 2.05) is 0 Å². The Morgan fingerprint density at radius 3 is 2.83 bits per heavy atom. The molecule has 0 N–H and O–H groups in total. The van der Waals surface area contributed by atoms with E-state index < -0.39 is 0 Å². The van der Waals surface area contributed by atoms with Gasteiger partial charge < -0.3 is 4.90 Å². The van der Waals surface area contributed by atoms with Gasteiger partial charge in [-0.1, -0.05) is 26.3 Å². The van der Waals surface area contributed by atoms with E-state index in [-0.39, 0.29) is 0 Å². The summed E-state index contributed by atoms with van der Waals surface area (Å²) in [6, 6.07) is 0. The van der Waals surface area contributed by atoms with Gasteiger partial charge in [-0.2, -0.15) is 0 Å². The van der Waals surface area contributed by atoms with Crippen LogP contribution in [0.3, 0.4) is 0 Å². The van der Waals surface area contributed by atoms with Gasteiger partial charge in [0.1, 0.15) is 0 Å². The largest absolute Gasteiger partial charge is 0.302 e. The van der Waals surface area contributed by atoms with Crippen LogP contribution in [0.4, 0.5) is 0 Å². The molecule has 1 aliphatic heterocycles. The van der Waals surface area contributed by atoms with E-state index in [1.54, 1.807) is 0 Å². The smallest absolute Gasteiger partial charge is 0.00979 e. The zero-order chi connectivity index (χ0) is 8.81. The van der Waals surface area contributed by atoms with Crippen molar-refractivity contribution < 1.29 is 0 Å². The van der Waals surface area contributed by atoms with Gasteiger partial charge in [-0.3, -0.25) is 0 Å². The molecule has 12 heavy (non-hydrogen) atoms. The lowest BCUT2D eigenvalue weighted by atomic mass is 10.00. The van der Waals surface area contributed by atoms with Crippen molar-refractivity contribution in [2.45, 2.75) is 26.2 Å². The normalized spacial score (nSPS) is 18.4. The van der Waals surface area contributed by atoms with Crippen LogP contribution in [0.5, 0.6) is 0 Å². The molecule has 1 nitrogen and oxygen atoms in total. The maximum Gasteiger partial charge on any atom is 0.00979 e. The van der Waals surface area contributed by atoms with E-state index >= 15 is 0 Å². The van der Waals surface area contributed by atoms with E-state index in [9.17, 15) is 0 Å². The summed E-state index contributed by atoms with van der Waals surface area (Å²) in [5, 5.41) is 0. The lowest BCUT2D eigenvalue weighted by Gasteiger charge is -2.37. The van der Waals surface area contributed by atoms with Gasteiger partial charge in [0.2, 0.25) is 0 Å². The van der Waals surface area contributed by atoms with Crippen LogP contribution in [0.25, 0.3) is 0 Å². The molecule has 0 spiro atoms. The molecule has 0 radical (unpaired) electrons. The van der Waals surface area contributed by atoms with Crippen LogP contribution >= 0.6 is 0 Å². The van der Waals surface area contributed by atoms with E-state index in [0.29, 0.717) is 0 Å². The first kappa shape index (κ1) is 9.57. The van der Waals surface area contributed by atoms with Crippen LogP contribution in [0, 0.1) is 5.92 Å². The fourth-order valence-electron chi connectivity index (χ4n) is 1.65. The predicted molar refractivity (Wildman–Crippen MR) is 53.2 cm³/mol. The average molecular weight is 165 g/mol. The molecule has 1 heterocycles. The van der Waals surface area contributed by atoms with Crippen molar-refractivity contribution in [1.29, 1.82) is 0 Å². The Morgan fingerprint density at radius 2 is 2.25 bits per heavy atom. The minimum absolute atomic E-state index is 0.740. The van der Waals surface area contributed by atoms with Gasteiger partial charge in [-0.15, -0.1) is 5.73 Å². The molecule has 0 aromatic carbocycles. The summed E-state index contributed by atoms with van der Waals surface area (Å²) in [7, 11) is 0. The molecule has 0 bridgehead atoms. The molecule has 0 amide bonds. The van der Waals surface area contributed by atoms with E-state index in [1.165, 1.54) is 38.9 Å². The zero-order valence-electron chi connectivity index (χ0n) is 8.05. The lowest BCUT2D eigenvalue weighted by molar-refractivity contribution is 0.128. The Kier molecular flexibility index (Phi) is 4.13. The second-order valence-electron chi connectivity index (χ2n) is 3.60. The Bertz CT molecular complexity index is 162. The number of nitrogens with zero attached hydrogens (tertiary/aromatic N) is 1. The topological polar surface area (TPSA) is 3.24 Å². The summed E-state index contributed by atoms with van der Waals surface area (Å²) in [6.07, 6.45) is 6.15. The Hall–Kier alpha value is -0.520. The van der Waals surface area contributed by atoms with Gasteiger partial charge in [0, 0.05) is 19.0 Å². The summed E-state index contributed by atoms with van der Waals surface area (Å²) in [5.74, 6) is 0.740. The molecule has 0 aliphatic carbocycles. The van der Waals surface area contributed by atoms with Crippen molar-refractivity contribution in [1.82, 2.24) is 4.90 Å². The highest BCUT2D eigenvalue weighted by Crippen LogP contribution is 2.16. The third-order valence-electron chi connectivity index (χ3n) is 2.42. The van der Waals surface area contributed by atoms with E-state index in [4.69, 9.17) is 0 Å². The van der Waals surface area contributed by atoms with Crippen LogP contribution in [-0.4, -0.2) is 24.5 Å². The number of hydrogen-bond acceptors (Lipinski definition) is 1. The fourth-order valence-corrected chi connectivity index (χ4v) is 1.65.